The lowest BCUT2D eigenvalue weighted by Crippen LogP contribution is -2.22. The van der Waals surface area contributed by atoms with Crippen molar-refractivity contribution in [2.45, 2.75) is 38.5 Å². The molecule has 0 aliphatic rings. The van der Waals surface area contributed by atoms with E-state index in [0.29, 0.717) is 5.38 Å². The number of hydrogen-bond donors (Lipinski definition) is 0. The molecule has 0 spiro atoms. The van der Waals surface area contributed by atoms with E-state index in [1.54, 1.807) is 0 Å². The van der Waals surface area contributed by atoms with E-state index in [1.165, 1.54) is 19.4 Å². The first-order valence-corrected chi connectivity index (χ1v) is 4.93. The highest BCUT2D eigenvalue weighted by molar-refractivity contribution is 6.20. The van der Waals surface area contributed by atoms with Gasteiger partial charge < -0.3 is 4.90 Å². The van der Waals surface area contributed by atoms with Crippen LogP contribution in [0, 0.1) is 0 Å². The second-order valence-electron chi connectivity index (χ2n) is 3.23. The lowest BCUT2D eigenvalue weighted by Gasteiger charge is -2.16. The molecule has 0 heterocycles. The molecule has 0 saturated heterocycles. The van der Waals surface area contributed by atoms with Crippen LogP contribution in [0.15, 0.2) is 0 Å². The molecule has 0 aromatic carbocycles. The summed E-state index contributed by atoms with van der Waals surface area (Å²) < 4.78 is 0. The van der Waals surface area contributed by atoms with Crippen LogP contribution in [0.5, 0.6) is 0 Å². The summed E-state index contributed by atoms with van der Waals surface area (Å²) in [4.78, 5) is 2.35. The lowest BCUT2D eigenvalue weighted by atomic mass is 10.3. The Hall–Kier alpha value is 0.250. The molecule has 0 aliphatic heterocycles. The van der Waals surface area contributed by atoms with Crippen molar-refractivity contribution in [1.82, 2.24) is 4.90 Å². The van der Waals surface area contributed by atoms with E-state index in [4.69, 9.17) is 11.6 Å². The van der Waals surface area contributed by atoms with Crippen LogP contribution in [0.3, 0.4) is 0 Å². The highest BCUT2D eigenvalue weighted by atomic mass is 35.5. The molecule has 11 heavy (non-hydrogen) atoms. The van der Waals surface area contributed by atoms with Gasteiger partial charge in [0.15, 0.2) is 0 Å². The van der Waals surface area contributed by atoms with Gasteiger partial charge in [-0.1, -0.05) is 13.3 Å². The largest absolute Gasteiger partial charge is 0.306 e. The van der Waals surface area contributed by atoms with Gasteiger partial charge in [0.05, 0.1) is 0 Å². The number of unbranched alkanes of at least 4 members (excludes halogenated alkanes) is 1. The summed E-state index contributed by atoms with van der Waals surface area (Å²) in [7, 11) is 2.16. The first-order chi connectivity index (χ1) is 5.16. The fourth-order valence-electron chi connectivity index (χ4n) is 0.938. The summed E-state index contributed by atoms with van der Waals surface area (Å²) in [6, 6.07) is 0. The molecule has 0 amide bonds. The van der Waals surface area contributed by atoms with Crippen molar-refractivity contribution in [2.24, 2.45) is 0 Å². The summed E-state index contributed by atoms with van der Waals surface area (Å²) in [6.45, 7) is 6.61. The van der Waals surface area contributed by atoms with Crippen molar-refractivity contribution in [3.05, 3.63) is 0 Å². The Bertz CT molecular complexity index is 83.6. The molecule has 0 aromatic rings. The van der Waals surface area contributed by atoms with Gasteiger partial charge in [0.2, 0.25) is 0 Å². The van der Waals surface area contributed by atoms with Crippen LogP contribution in [0.4, 0.5) is 0 Å². The summed E-state index contributed by atoms with van der Waals surface area (Å²) in [6.07, 6.45) is 3.68. The maximum atomic E-state index is 5.83. The van der Waals surface area contributed by atoms with Crippen molar-refractivity contribution in [2.75, 3.05) is 20.1 Å². The zero-order chi connectivity index (χ0) is 8.69. The van der Waals surface area contributed by atoms with Crippen LogP contribution >= 0.6 is 11.6 Å². The fraction of sp³-hybridized carbons (Fsp3) is 1.00. The molecule has 0 N–H and O–H groups in total. The average molecular weight is 178 g/mol. The van der Waals surface area contributed by atoms with Crippen LogP contribution in [0.2, 0.25) is 0 Å². The van der Waals surface area contributed by atoms with E-state index in [0.717, 1.165) is 13.0 Å². The Balaban J connectivity index is 3.15. The normalized spacial score (nSPS) is 13.9. The monoisotopic (exact) mass is 177 g/mol. The van der Waals surface area contributed by atoms with E-state index in [-0.39, 0.29) is 0 Å². The van der Waals surface area contributed by atoms with Crippen LogP contribution < -0.4 is 0 Å². The molecule has 0 fully saturated rings. The third-order valence-electron chi connectivity index (χ3n) is 1.80. The maximum absolute atomic E-state index is 5.83. The lowest BCUT2D eigenvalue weighted by molar-refractivity contribution is 0.323. The number of hydrogen-bond acceptors (Lipinski definition) is 1. The van der Waals surface area contributed by atoms with Gasteiger partial charge in [0.25, 0.3) is 0 Å². The van der Waals surface area contributed by atoms with Crippen molar-refractivity contribution < 1.29 is 0 Å². The van der Waals surface area contributed by atoms with Gasteiger partial charge in [-0.25, -0.2) is 0 Å². The Morgan fingerprint density at radius 1 is 1.36 bits per heavy atom. The van der Waals surface area contributed by atoms with Crippen molar-refractivity contribution in [3.8, 4) is 0 Å². The van der Waals surface area contributed by atoms with Crippen LogP contribution in [0.25, 0.3) is 0 Å². The van der Waals surface area contributed by atoms with E-state index in [2.05, 4.69) is 25.8 Å². The smallest absolute Gasteiger partial charge is 0.0320 e. The summed E-state index contributed by atoms with van der Waals surface area (Å²) >= 11 is 5.83. The summed E-state index contributed by atoms with van der Waals surface area (Å²) in [5.74, 6) is 0. The zero-order valence-corrected chi connectivity index (χ0v) is 8.69. The van der Waals surface area contributed by atoms with Crippen LogP contribution in [0.1, 0.15) is 33.1 Å². The number of nitrogens with zero attached hydrogens (tertiary/aromatic N) is 1. The predicted octanol–water partition coefficient (Wildman–Crippen LogP) is 2.74. The molecule has 1 nitrogen and oxygen atoms in total. The van der Waals surface area contributed by atoms with Gasteiger partial charge in [0, 0.05) is 5.38 Å². The zero-order valence-electron chi connectivity index (χ0n) is 7.94. The Morgan fingerprint density at radius 3 is 2.45 bits per heavy atom. The van der Waals surface area contributed by atoms with Gasteiger partial charge >= 0.3 is 0 Å². The van der Waals surface area contributed by atoms with Crippen LogP contribution in [-0.4, -0.2) is 30.4 Å². The Kier molecular flexibility index (Phi) is 7.09. The van der Waals surface area contributed by atoms with Gasteiger partial charge in [0.1, 0.15) is 0 Å². The Morgan fingerprint density at radius 2 is 2.00 bits per heavy atom. The van der Waals surface area contributed by atoms with Crippen molar-refractivity contribution in [3.63, 3.8) is 0 Å². The molecule has 0 radical (unpaired) electrons. The van der Waals surface area contributed by atoms with E-state index in [1.807, 2.05) is 0 Å². The number of halogens is 1. The van der Waals surface area contributed by atoms with E-state index < -0.39 is 0 Å². The molecule has 0 saturated carbocycles. The first kappa shape index (κ1) is 11.2. The topological polar surface area (TPSA) is 3.24 Å². The number of alkyl halides is 1. The molecule has 0 bridgehead atoms. The fourth-order valence-corrected chi connectivity index (χ4v) is 1.04. The minimum atomic E-state index is 0.319. The van der Waals surface area contributed by atoms with Gasteiger partial charge in [-0.15, -0.1) is 11.6 Å². The van der Waals surface area contributed by atoms with Crippen molar-refractivity contribution >= 4 is 11.6 Å². The third kappa shape index (κ3) is 8.15. The highest BCUT2D eigenvalue weighted by Crippen LogP contribution is 2.01. The molecular formula is C9H20ClN. The molecular weight excluding hydrogens is 158 g/mol. The van der Waals surface area contributed by atoms with E-state index in [9.17, 15) is 0 Å². The maximum Gasteiger partial charge on any atom is 0.0320 e. The molecule has 2 heteroatoms. The number of rotatable bonds is 6. The van der Waals surface area contributed by atoms with Crippen LogP contribution in [-0.2, 0) is 0 Å². The SMILES string of the molecule is CCCCN(C)CCC(C)Cl. The minimum Gasteiger partial charge on any atom is -0.306 e. The molecule has 1 unspecified atom stereocenters. The molecule has 68 valence electrons. The predicted molar refractivity (Wildman–Crippen MR) is 52.3 cm³/mol. The van der Waals surface area contributed by atoms with E-state index >= 15 is 0 Å². The second kappa shape index (κ2) is 6.93. The quantitative estimate of drug-likeness (QED) is 0.564. The molecule has 0 aliphatic carbocycles. The first-order valence-electron chi connectivity index (χ1n) is 4.49. The summed E-state index contributed by atoms with van der Waals surface area (Å²) in [5.41, 5.74) is 0. The standard InChI is InChI=1S/C9H20ClN/c1-4-5-7-11(3)8-6-9(2)10/h9H,4-8H2,1-3H3. The minimum absolute atomic E-state index is 0.319. The average Bonchev–Trinajstić information content (AvgIpc) is 1.97. The highest BCUT2D eigenvalue weighted by Gasteiger charge is 1.99. The molecule has 0 aromatic heterocycles. The molecule has 1 atom stereocenters. The molecule has 0 rings (SSSR count). The van der Waals surface area contributed by atoms with Crippen molar-refractivity contribution in [1.29, 1.82) is 0 Å². The third-order valence-corrected chi connectivity index (χ3v) is 2.02. The van der Waals surface area contributed by atoms with Gasteiger partial charge in [-0.05, 0) is 39.9 Å². The second-order valence-corrected chi connectivity index (χ2v) is 3.97. The summed E-state index contributed by atoms with van der Waals surface area (Å²) in [5, 5.41) is 0.319. The Labute approximate surface area is 75.7 Å². The van der Waals surface area contributed by atoms with Gasteiger partial charge in [-0.3, -0.25) is 0 Å². The van der Waals surface area contributed by atoms with Gasteiger partial charge in [-0.2, -0.15) is 0 Å².